The van der Waals surface area contributed by atoms with E-state index in [0.717, 1.165) is 0 Å². The molecule has 0 aliphatic carbocycles. The summed E-state index contributed by atoms with van der Waals surface area (Å²) in [6.45, 7) is 6.26. The molecule has 1 aromatic carbocycles. The topological polar surface area (TPSA) is 125 Å². The number of nitrogens with one attached hydrogen (secondary N) is 2. The van der Waals surface area contributed by atoms with Crippen molar-refractivity contribution in [2.45, 2.75) is 38.8 Å². The number of ether oxygens (including phenoxy) is 1. The molecule has 0 radical (unpaired) electrons. The van der Waals surface area contributed by atoms with Gasteiger partial charge in [-0.05, 0) is 39.3 Å². The summed E-state index contributed by atoms with van der Waals surface area (Å²) in [6, 6.07) is 9.15. The summed E-state index contributed by atoms with van der Waals surface area (Å²) in [5.74, 6) is -0.631. The molecule has 0 spiro atoms. The molecule has 150 valence electrons. The average Bonchev–Trinajstić information content (AvgIpc) is 3.09. The Morgan fingerprint density at radius 3 is 2.52 bits per heavy atom. The predicted molar refractivity (Wildman–Crippen MR) is 104 cm³/mol. The van der Waals surface area contributed by atoms with Crippen LogP contribution in [0.5, 0.6) is 0 Å². The molecule has 1 heterocycles. The molecule has 0 aromatic heterocycles. The van der Waals surface area contributed by atoms with Gasteiger partial charge in [0.25, 0.3) is 0 Å². The highest BCUT2D eigenvalue weighted by molar-refractivity contribution is 5.75. The quantitative estimate of drug-likeness (QED) is 0.749. The van der Waals surface area contributed by atoms with Crippen LogP contribution in [0, 0.1) is 39.8 Å². The molecule has 1 amide bonds. The van der Waals surface area contributed by atoms with Crippen LogP contribution in [-0.4, -0.2) is 30.8 Å². The lowest BCUT2D eigenvalue weighted by molar-refractivity contribution is 0.0509. The Labute approximate surface area is 168 Å². The standard InChI is InChI=1S/C20H21FN6O2/c1-20(2,3)29-19(28)25-14-7-8-27(12-14)17-6-4-5-15(21)18(17)26-16(11-24)13(9-22)10-23/h4-6,14,26H,7-8,12H2,1-3H3,(H,25,28). The second-order valence-electron chi connectivity index (χ2n) is 7.42. The Balaban J connectivity index is 2.21. The van der Waals surface area contributed by atoms with E-state index >= 15 is 0 Å². The number of nitrogens with zero attached hydrogens (tertiary/aromatic N) is 4. The van der Waals surface area contributed by atoms with Crippen LogP contribution in [-0.2, 0) is 4.74 Å². The van der Waals surface area contributed by atoms with Crippen molar-refractivity contribution >= 4 is 17.5 Å². The maximum atomic E-state index is 14.5. The Bertz CT molecular complexity index is 930. The minimum absolute atomic E-state index is 0.00929. The van der Waals surface area contributed by atoms with E-state index < -0.39 is 23.1 Å². The van der Waals surface area contributed by atoms with E-state index in [2.05, 4.69) is 10.6 Å². The van der Waals surface area contributed by atoms with Crippen molar-refractivity contribution in [2.24, 2.45) is 0 Å². The summed E-state index contributed by atoms with van der Waals surface area (Å²) in [4.78, 5) is 13.8. The van der Waals surface area contributed by atoms with Crippen molar-refractivity contribution in [1.29, 1.82) is 15.8 Å². The maximum absolute atomic E-state index is 14.5. The van der Waals surface area contributed by atoms with E-state index in [9.17, 15) is 14.4 Å². The first-order chi connectivity index (χ1) is 13.7. The van der Waals surface area contributed by atoms with Gasteiger partial charge >= 0.3 is 6.09 Å². The lowest BCUT2D eigenvalue weighted by Gasteiger charge is -2.24. The number of para-hydroxylation sites is 1. The van der Waals surface area contributed by atoms with Crippen LogP contribution in [0.25, 0.3) is 0 Å². The zero-order valence-electron chi connectivity index (χ0n) is 16.4. The van der Waals surface area contributed by atoms with Gasteiger partial charge in [0.1, 0.15) is 35.3 Å². The van der Waals surface area contributed by atoms with Crippen molar-refractivity contribution in [2.75, 3.05) is 23.3 Å². The number of nitriles is 3. The van der Waals surface area contributed by atoms with E-state index in [-0.39, 0.29) is 17.4 Å². The summed E-state index contributed by atoms with van der Waals surface area (Å²) < 4.78 is 19.7. The van der Waals surface area contributed by atoms with Gasteiger partial charge in [-0.3, -0.25) is 0 Å². The highest BCUT2D eigenvalue weighted by atomic mass is 19.1. The molecule has 2 N–H and O–H groups in total. The van der Waals surface area contributed by atoms with Gasteiger partial charge in [-0.15, -0.1) is 0 Å². The highest BCUT2D eigenvalue weighted by Gasteiger charge is 2.28. The molecule has 0 bridgehead atoms. The molecule has 9 heteroatoms. The Kier molecular flexibility index (Phi) is 6.64. The first kappa shape index (κ1) is 21.5. The first-order valence-corrected chi connectivity index (χ1v) is 8.93. The van der Waals surface area contributed by atoms with E-state index in [1.54, 1.807) is 45.0 Å². The third kappa shape index (κ3) is 5.60. The van der Waals surface area contributed by atoms with Crippen LogP contribution in [0.1, 0.15) is 27.2 Å². The number of rotatable bonds is 4. The molecule has 1 aromatic rings. The van der Waals surface area contributed by atoms with Gasteiger partial charge in [0, 0.05) is 13.1 Å². The number of alkyl carbamates (subject to hydrolysis) is 1. The number of carbonyl (C=O) groups is 1. The van der Waals surface area contributed by atoms with E-state index in [4.69, 9.17) is 15.3 Å². The number of amides is 1. The summed E-state index contributed by atoms with van der Waals surface area (Å²) in [6.07, 6.45) is 0.0990. The molecule has 1 atom stereocenters. The maximum Gasteiger partial charge on any atom is 0.407 e. The fourth-order valence-corrected chi connectivity index (χ4v) is 2.88. The number of hydrogen-bond donors (Lipinski definition) is 2. The van der Waals surface area contributed by atoms with Gasteiger partial charge in [-0.25, -0.2) is 9.18 Å². The summed E-state index contributed by atoms with van der Waals surface area (Å²) >= 11 is 0. The first-order valence-electron chi connectivity index (χ1n) is 8.93. The second kappa shape index (κ2) is 8.95. The molecule has 8 nitrogen and oxygen atoms in total. The molecule has 1 fully saturated rings. The van der Waals surface area contributed by atoms with Crippen molar-refractivity contribution in [3.8, 4) is 18.2 Å². The fraction of sp³-hybridized carbons (Fsp3) is 0.400. The van der Waals surface area contributed by atoms with Crippen LogP contribution in [0.4, 0.5) is 20.6 Å². The second-order valence-corrected chi connectivity index (χ2v) is 7.42. The normalized spacial score (nSPS) is 15.5. The Morgan fingerprint density at radius 1 is 1.24 bits per heavy atom. The molecule has 2 rings (SSSR count). The summed E-state index contributed by atoms with van der Waals surface area (Å²) in [7, 11) is 0. The number of anilines is 2. The van der Waals surface area contributed by atoms with Gasteiger partial charge < -0.3 is 20.3 Å². The Hall–Kier alpha value is -3.77. The number of benzene rings is 1. The predicted octanol–water partition coefficient (Wildman–Crippen LogP) is 3.17. The van der Waals surface area contributed by atoms with Crippen molar-refractivity contribution in [3.05, 3.63) is 35.3 Å². The van der Waals surface area contributed by atoms with Gasteiger partial charge in [-0.1, -0.05) is 6.07 Å². The van der Waals surface area contributed by atoms with Crippen molar-refractivity contribution < 1.29 is 13.9 Å². The highest BCUT2D eigenvalue weighted by Crippen LogP contribution is 2.32. The summed E-state index contributed by atoms with van der Waals surface area (Å²) in [5, 5.41) is 32.6. The zero-order chi connectivity index (χ0) is 21.6. The molecule has 0 saturated carbocycles. The van der Waals surface area contributed by atoms with Crippen LogP contribution in [0.3, 0.4) is 0 Å². The van der Waals surface area contributed by atoms with E-state index in [1.165, 1.54) is 12.1 Å². The average molecular weight is 396 g/mol. The smallest absolute Gasteiger partial charge is 0.407 e. The fourth-order valence-electron chi connectivity index (χ4n) is 2.88. The van der Waals surface area contributed by atoms with Gasteiger partial charge in [0.15, 0.2) is 5.57 Å². The minimum atomic E-state index is -0.631. The molecular formula is C20H21FN6O2. The van der Waals surface area contributed by atoms with Crippen molar-refractivity contribution in [3.63, 3.8) is 0 Å². The zero-order valence-corrected chi connectivity index (χ0v) is 16.4. The third-order valence-electron chi connectivity index (χ3n) is 4.08. The number of hydrogen-bond acceptors (Lipinski definition) is 7. The summed E-state index contributed by atoms with van der Waals surface area (Å²) in [5.41, 5.74) is -0.927. The van der Waals surface area contributed by atoms with Crippen LogP contribution in [0.2, 0.25) is 0 Å². The van der Waals surface area contributed by atoms with Crippen LogP contribution >= 0.6 is 0 Å². The van der Waals surface area contributed by atoms with Crippen molar-refractivity contribution in [1.82, 2.24) is 5.32 Å². The third-order valence-corrected chi connectivity index (χ3v) is 4.08. The molecule has 1 unspecified atom stereocenters. The lowest BCUT2D eigenvalue weighted by atomic mass is 10.2. The largest absolute Gasteiger partial charge is 0.444 e. The number of allylic oxidation sites excluding steroid dienone is 2. The molecule has 29 heavy (non-hydrogen) atoms. The monoisotopic (exact) mass is 396 g/mol. The molecular weight excluding hydrogens is 375 g/mol. The SMILES string of the molecule is CC(C)(C)OC(=O)NC1CCN(c2cccc(F)c2NC(C#N)=C(C#N)C#N)C1. The van der Waals surface area contributed by atoms with Gasteiger partial charge in [0.2, 0.25) is 0 Å². The Morgan fingerprint density at radius 2 is 1.93 bits per heavy atom. The number of carbonyl (C=O) groups excluding carboxylic acids is 1. The lowest BCUT2D eigenvalue weighted by Crippen LogP contribution is -2.40. The van der Waals surface area contributed by atoms with E-state index in [0.29, 0.717) is 25.2 Å². The van der Waals surface area contributed by atoms with Gasteiger partial charge in [-0.2, -0.15) is 15.8 Å². The van der Waals surface area contributed by atoms with Crippen LogP contribution in [0.15, 0.2) is 29.5 Å². The van der Waals surface area contributed by atoms with E-state index in [1.807, 2.05) is 4.90 Å². The van der Waals surface area contributed by atoms with Gasteiger partial charge in [0.05, 0.1) is 17.4 Å². The van der Waals surface area contributed by atoms with Crippen LogP contribution < -0.4 is 15.5 Å². The minimum Gasteiger partial charge on any atom is -0.444 e. The molecule has 1 saturated heterocycles. The molecule has 1 aliphatic heterocycles. The molecule has 1 aliphatic rings. The number of halogens is 1.